The molecule has 4 nitrogen and oxygen atoms in total. The summed E-state index contributed by atoms with van der Waals surface area (Å²) in [5.74, 6) is 1.30. The quantitative estimate of drug-likeness (QED) is 0.826. The molecule has 0 amide bonds. The van der Waals surface area contributed by atoms with E-state index in [0.29, 0.717) is 17.1 Å². The first kappa shape index (κ1) is 15.8. The lowest BCUT2D eigenvalue weighted by Gasteiger charge is -2.36. The summed E-state index contributed by atoms with van der Waals surface area (Å²) in [6, 6.07) is 5.40. The van der Waals surface area contributed by atoms with Crippen LogP contribution >= 0.6 is 0 Å². The van der Waals surface area contributed by atoms with Gasteiger partial charge in [0, 0.05) is 18.7 Å². The molecule has 108 valence electrons. The minimum Gasteiger partial charge on any atom is -0.497 e. The molecule has 0 bridgehead atoms. The highest BCUT2D eigenvalue weighted by Gasteiger charge is 2.37. The van der Waals surface area contributed by atoms with Gasteiger partial charge in [0.05, 0.1) is 19.8 Å². The van der Waals surface area contributed by atoms with Crippen LogP contribution < -0.4 is 9.47 Å². The molecule has 0 heterocycles. The van der Waals surface area contributed by atoms with Gasteiger partial charge in [-0.25, -0.2) is 0 Å². The van der Waals surface area contributed by atoms with Crippen molar-refractivity contribution in [1.29, 1.82) is 0 Å². The van der Waals surface area contributed by atoms with E-state index in [1.807, 2.05) is 26.0 Å². The molecule has 1 rings (SSSR count). The van der Waals surface area contributed by atoms with E-state index in [2.05, 4.69) is 0 Å². The van der Waals surface area contributed by atoms with E-state index in [0.717, 1.165) is 12.8 Å². The largest absolute Gasteiger partial charge is 0.497 e. The summed E-state index contributed by atoms with van der Waals surface area (Å²) >= 11 is 0. The zero-order chi connectivity index (χ0) is 14.5. The Labute approximate surface area is 115 Å². The summed E-state index contributed by atoms with van der Waals surface area (Å²) in [6.45, 7) is 4.01. The second-order valence-corrected chi connectivity index (χ2v) is 4.49. The fourth-order valence-corrected chi connectivity index (χ4v) is 2.36. The van der Waals surface area contributed by atoms with Crippen molar-refractivity contribution >= 4 is 0 Å². The average molecular weight is 268 g/mol. The van der Waals surface area contributed by atoms with Crippen molar-refractivity contribution in [2.45, 2.75) is 38.4 Å². The first-order valence-electron chi connectivity index (χ1n) is 6.53. The molecule has 0 aliphatic rings. The third-order valence-corrected chi connectivity index (χ3v) is 3.84. The van der Waals surface area contributed by atoms with Crippen LogP contribution in [0.5, 0.6) is 11.5 Å². The van der Waals surface area contributed by atoms with Crippen LogP contribution in [0.4, 0.5) is 0 Å². The van der Waals surface area contributed by atoms with Crippen LogP contribution in [0.2, 0.25) is 0 Å². The maximum atomic E-state index is 10.7. The number of rotatable bonds is 7. The number of methoxy groups -OCH3 is 3. The van der Waals surface area contributed by atoms with Crippen molar-refractivity contribution in [1.82, 2.24) is 0 Å². The summed E-state index contributed by atoms with van der Waals surface area (Å²) in [4.78, 5) is 0. The Hall–Kier alpha value is -1.26. The van der Waals surface area contributed by atoms with E-state index in [1.165, 1.54) is 0 Å². The molecule has 1 aromatic rings. The molecule has 0 saturated carbocycles. The standard InChI is InChI=1S/C15H24O4/c1-6-15(7-2,19-5)14(16)12-9-8-11(17-3)10-13(12)18-4/h8-10,14,16H,6-7H2,1-5H3. The Morgan fingerprint density at radius 2 is 1.74 bits per heavy atom. The van der Waals surface area contributed by atoms with Crippen molar-refractivity contribution in [3.8, 4) is 11.5 Å². The van der Waals surface area contributed by atoms with Crippen LogP contribution in [0.1, 0.15) is 38.4 Å². The molecule has 19 heavy (non-hydrogen) atoms. The summed E-state index contributed by atoms with van der Waals surface area (Å²) < 4.78 is 16.1. The SMILES string of the molecule is CCC(CC)(OC)C(O)c1ccc(OC)cc1OC. The van der Waals surface area contributed by atoms with Gasteiger partial charge >= 0.3 is 0 Å². The Bertz CT molecular complexity index is 391. The normalized spacial score (nSPS) is 13.2. The Morgan fingerprint density at radius 3 is 2.16 bits per heavy atom. The Kier molecular flexibility index (Phi) is 5.63. The average Bonchev–Trinajstić information content (AvgIpc) is 2.48. The molecule has 0 saturated heterocycles. The molecule has 0 fully saturated rings. The summed E-state index contributed by atoms with van der Waals surface area (Å²) in [5, 5.41) is 10.7. The van der Waals surface area contributed by atoms with Crippen molar-refractivity contribution in [2.75, 3.05) is 21.3 Å². The van der Waals surface area contributed by atoms with Crippen molar-refractivity contribution in [3.05, 3.63) is 23.8 Å². The molecule has 1 aromatic carbocycles. The highest BCUT2D eigenvalue weighted by atomic mass is 16.5. The monoisotopic (exact) mass is 268 g/mol. The summed E-state index contributed by atoms with van der Waals surface area (Å²) in [7, 11) is 4.81. The lowest BCUT2D eigenvalue weighted by atomic mass is 9.85. The predicted molar refractivity (Wildman–Crippen MR) is 74.8 cm³/mol. The van der Waals surface area contributed by atoms with Gasteiger partial charge in [0.1, 0.15) is 17.6 Å². The van der Waals surface area contributed by atoms with E-state index in [1.54, 1.807) is 27.4 Å². The highest BCUT2D eigenvalue weighted by molar-refractivity contribution is 5.42. The topological polar surface area (TPSA) is 47.9 Å². The van der Waals surface area contributed by atoms with Gasteiger partial charge in [-0.1, -0.05) is 13.8 Å². The first-order valence-corrected chi connectivity index (χ1v) is 6.53. The third-order valence-electron chi connectivity index (χ3n) is 3.84. The molecule has 0 aliphatic heterocycles. The fourth-order valence-electron chi connectivity index (χ4n) is 2.36. The van der Waals surface area contributed by atoms with E-state index in [-0.39, 0.29) is 0 Å². The van der Waals surface area contributed by atoms with Crippen LogP contribution in [0.15, 0.2) is 18.2 Å². The lowest BCUT2D eigenvalue weighted by molar-refractivity contribution is -0.110. The molecule has 1 N–H and O–H groups in total. The maximum Gasteiger partial charge on any atom is 0.128 e. The second kappa shape index (κ2) is 6.78. The lowest BCUT2D eigenvalue weighted by Crippen LogP contribution is -2.37. The molecule has 0 aliphatic carbocycles. The number of hydrogen-bond acceptors (Lipinski definition) is 4. The van der Waals surface area contributed by atoms with Crippen LogP contribution in [0.3, 0.4) is 0 Å². The molecule has 1 unspecified atom stereocenters. The van der Waals surface area contributed by atoms with Gasteiger partial charge in [-0.15, -0.1) is 0 Å². The van der Waals surface area contributed by atoms with Gasteiger partial charge in [-0.05, 0) is 25.0 Å². The smallest absolute Gasteiger partial charge is 0.128 e. The minimum absolute atomic E-state index is 0.595. The maximum absolute atomic E-state index is 10.7. The molecule has 4 heteroatoms. The molecule has 0 spiro atoms. The van der Waals surface area contributed by atoms with E-state index in [4.69, 9.17) is 14.2 Å². The van der Waals surface area contributed by atoms with Gasteiger partial charge in [0.25, 0.3) is 0 Å². The van der Waals surface area contributed by atoms with Crippen LogP contribution in [-0.4, -0.2) is 32.0 Å². The second-order valence-electron chi connectivity index (χ2n) is 4.49. The molecule has 1 atom stereocenters. The Morgan fingerprint density at radius 1 is 1.11 bits per heavy atom. The third kappa shape index (κ3) is 3.01. The number of benzene rings is 1. The van der Waals surface area contributed by atoms with Crippen LogP contribution in [0.25, 0.3) is 0 Å². The van der Waals surface area contributed by atoms with E-state index in [9.17, 15) is 5.11 Å². The van der Waals surface area contributed by atoms with Gasteiger partial charge in [0.15, 0.2) is 0 Å². The first-order chi connectivity index (χ1) is 9.08. The number of aliphatic hydroxyl groups is 1. The number of hydrogen-bond donors (Lipinski definition) is 1. The summed E-state index contributed by atoms with van der Waals surface area (Å²) in [6.07, 6.45) is 0.695. The molecular weight excluding hydrogens is 244 g/mol. The van der Waals surface area contributed by atoms with Crippen molar-refractivity contribution < 1.29 is 19.3 Å². The van der Waals surface area contributed by atoms with Gasteiger partial charge in [0.2, 0.25) is 0 Å². The zero-order valence-corrected chi connectivity index (χ0v) is 12.4. The van der Waals surface area contributed by atoms with Gasteiger partial charge < -0.3 is 19.3 Å². The van der Waals surface area contributed by atoms with Gasteiger partial charge in [-0.2, -0.15) is 0 Å². The predicted octanol–water partition coefficient (Wildman–Crippen LogP) is 2.94. The van der Waals surface area contributed by atoms with Crippen molar-refractivity contribution in [3.63, 3.8) is 0 Å². The fraction of sp³-hybridized carbons (Fsp3) is 0.600. The number of aliphatic hydroxyl groups excluding tert-OH is 1. The highest BCUT2D eigenvalue weighted by Crippen LogP contribution is 2.39. The van der Waals surface area contributed by atoms with E-state index >= 15 is 0 Å². The van der Waals surface area contributed by atoms with Crippen LogP contribution in [0, 0.1) is 0 Å². The summed E-state index contributed by atoms with van der Waals surface area (Å²) in [5.41, 5.74) is 0.121. The molecule has 0 radical (unpaired) electrons. The molecular formula is C15H24O4. The Balaban J connectivity index is 3.20. The minimum atomic E-state index is -0.742. The number of ether oxygens (including phenoxy) is 3. The van der Waals surface area contributed by atoms with Gasteiger partial charge in [-0.3, -0.25) is 0 Å². The van der Waals surface area contributed by atoms with E-state index < -0.39 is 11.7 Å². The zero-order valence-electron chi connectivity index (χ0n) is 12.4. The van der Waals surface area contributed by atoms with Crippen LogP contribution in [-0.2, 0) is 4.74 Å². The molecule has 0 aromatic heterocycles. The van der Waals surface area contributed by atoms with Crippen molar-refractivity contribution in [2.24, 2.45) is 0 Å².